The molecule has 0 bridgehead atoms. The summed E-state index contributed by atoms with van der Waals surface area (Å²) in [5.74, 6) is -1.19. The van der Waals surface area contributed by atoms with Crippen molar-refractivity contribution in [1.29, 1.82) is 0 Å². The van der Waals surface area contributed by atoms with Gasteiger partial charge < -0.3 is 19.9 Å². The molecule has 0 saturated heterocycles. The van der Waals surface area contributed by atoms with Crippen LogP contribution in [0.5, 0.6) is 0 Å². The summed E-state index contributed by atoms with van der Waals surface area (Å²) in [6.07, 6.45) is 0.818. The fourth-order valence-electron chi connectivity index (χ4n) is 2.25. The van der Waals surface area contributed by atoms with Gasteiger partial charge in [0.1, 0.15) is 4.90 Å². The highest BCUT2D eigenvalue weighted by atomic mass is 32.2. The second kappa shape index (κ2) is 10.5. The molecule has 9 heteroatoms. The molecule has 0 fully saturated rings. The number of sulfonamides is 1. The predicted molar refractivity (Wildman–Crippen MR) is 99.3 cm³/mol. The average Bonchev–Trinajstić information content (AvgIpc) is 2.53. The molecule has 0 heterocycles. The zero-order valence-electron chi connectivity index (χ0n) is 15.6. The molecule has 1 atom stereocenters. The van der Waals surface area contributed by atoms with Gasteiger partial charge in [-0.1, -0.05) is 0 Å². The summed E-state index contributed by atoms with van der Waals surface area (Å²) in [7, 11) is -2.44. The number of hydrogen-bond acceptors (Lipinski definition) is 6. The molecule has 0 aliphatic rings. The summed E-state index contributed by atoms with van der Waals surface area (Å²) in [5, 5.41) is 12.2. The van der Waals surface area contributed by atoms with E-state index in [0.717, 1.165) is 6.07 Å². The first-order valence-electron chi connectivity index (χ1n) is 8.41. The molecular weight excluding hydrogens is 360 g/mol. The van der Waals surface area contributed by atoms with Gasteiger partial charge in [-0.15, -0.1) is 0 Å². The second-order valence-electron chi connectivity index (χ2n) is 6.19. The van der Waals surface area contributed by atoms with Crippen LogP contribution >= 0.6 is 0 Å². The van der Waals surface area contributed by atoms with Crippen molar-refractivity contribution in [2.75, 3.05) is 32.2 Å². The number of carboxylic acid groups (broad SMARTS) is 1. The van der Waals surface area contributed by atoms with Gasteiger partial charge in [0, 0.05) is 26.3 Å². The van der Waals surface area contributed by atoms with E-state index in [0.29, 0.717) is 25.3 Å². The number of anilines is 1. The number of aromatic carboxylic acids is 1. The minimum Gasteiger partial charge on any atom is -0.478 e. The number of carbonyl (C=O) groups is 1. The summed E-state index contributed by atoms with van der Waals surface area (Å²) in [4.78, 5) is 11.1. The molecule has 0 saturated carbocycles. The lowest BCUT2D eigenvalue weighted by Gasteiger charge is -2.17. The third-order valence-electron chi connectivity index (χ3n) is 3.38. The van der Waals surface area contributed by atoms with Gasteiger partial charge in [-0.25, -0.2) is 17.9 Å². The van der Waals surface area contributed by atoms with Crippen molar-refractivity contribution < 1.29 is 27.8 Å². The Morgan fingerprint density at radius 2 is 1.96 bits per heavy atom. The van der Waals surface area contributed by atoms with E-state index in [1.165, 1.54) is 19.2 Å². The van der Waals surface area contributed by atoms with Crippen molar-refractivity contribution in [3.05, 3.63) is 23.8 Å². The molecule has 1 aromatic rings. The van der Waals surface area contributed by atoms with Crippen LogP contribution in [0, 0.1) is 0 Å². The van der Waals surface area contributed by atoms with Crippen LogP contribution in [0.15, 0.2) is 23.1 Å². The third-order valence-corrected chi connectivity index (χ3v) is 5.01. The lowest BCUT2D eigenvalue weighted by molar-refractivity contribution is 0.0696. The predicted octanol–water partition coefficient (Wildman–Crippen LogP) is 1.92. The van der Waals surface area contributed by atoms with E-state index in [2.05, 4.69) is 10.0 Å². The van der Waals surface area contributed by atoms with Crippen LogP contribution in [0.3, 0.4) is 0 Å². The SMILES string of the molecule is COC[C@H](C)NS(=O)(=O)c1cc(C(=O)O)ccc1NCCCOC(C)C. The first-order chi connectivity index (χ1) is 12.2. The Balaban J connectivity index is 2.98. The Morgan fingerprint density at radius 1 is 1.27 bits per heavy atom. The van der Waals surface area contributed by atoms with Crippen LogP contribution < -0.4 is 10.0 Å². The van der Waals surface area contributed by atoms with Gasteiger partial charge in [-0.2, -0.15) is 0 Å². The average molecular weight is 388 g/mol. The highest BCUT2D eigenvalue weighted by Crippen LogP contribution is 2.23. The highest BCUT2D eigenvalue weighted by Gasteiger charge is 2.22. The first-order valence-corrected chi connectivity index (χ1v) is 9.89. The third kappa shape index (κ3) is 7.28. The maximum Gasteiger partial charge on any atom is 0.335 e. The fourth-order valence-corrected chi connectivity index (χ4v) is 3.69. The van der Waals surface area contributed by atoms with Crippen molar-refractivity contribution >= 4 is 21.7 Å². The van der Waals surface area contributed by atoms with E-state index in [1.54, 1.807) is 6.92 Å². The van der Waals surface area contributed by atoms with E-state index in [-0.39, 0.29) is 23.2 Å². The van der Waals surface area contributed by atoms with Crippen molar-refractivity contribution in [2.45, 2.75) is 44.2 Å². The van der Waals surface area contributed by atoms with E-state index in [9.17, 15) is 13.2 Å². The quantitative estimate of drug-likeness (QED) is 0.469. The highest BCUT2D eigenvalue weighted by molar-refractivity contribution is 7.89. The zero-order chi connectivity index (χ0) is 19.7. The lowest BCUT2D eigenvalue weighted by Crippen LogP contribution is -2.36. The number of hydrogen-bond donors (Lipinski definition) is 3. The molecule has 148 valence electrons. The van der Waals surface area contributed by atoms with Gasteiger partial charge >= 0.3 is 5.97 Å². The minimum absolute atomic E-state index is 0.0986. The van der Waals surface area contributed by atoms with Crippen molar-refractivity contribution in [1.82, 2.24) is 4.72 Å². The van der Waals surface area contributed by atoms with Crippen LogP contribution in [0.2, 0.25) is 0 Å². The summed E-state index contributed by atoms with van der Waals surface area (Å²) in [6.45, 7) is 6.79. The van der Waals surface area contributed by atoms with Gasteiger partial charge in [0.15, 0.2) is 0 Å². The molecule has 8 nitrogen and oxygen atoms in total. The van der Waals surface area contributed by atoms with Gasteiger partial charge in [-0.05, 0) is 45.4 Å². The summed E-state index contributed by atoms with van der Waals surface area (Å²) < 4.78 is 38.2. The molecule has 0 aliphatic heterocycles. The summed E-state index contributed by atoms with van der Waals surface area (Å²) in [5.41, 5.74) is 0.245. The molecule has 0 aromatic heterocycles. The molecule has 26 heavy (non-hydrogen) atoms. The van der Waals surface area contributed by atoms with Crippen LogP contribution in [0.4, 0.5) is 5.69 Å². The maximum absolute atomic E-state index is 12.7. The summed E-state index contributed by atoms with van der Waals surface area (Å²) >= 11 is 0. The molecule has 1 rings (SSSR count). The van der Waals surface area contributed by atoms with Crippen LogP contribution in [-0.4, -0.2) is 58.5 Å². The van der Waals surface area contributed by atoms with Gasteiger partial charge in [0.25, 0.3) is 0 Å². The Labute approximate surface area is 154 Å². The normalized spacial score (nSPS) is 13.0. The monoisotopic (exact) mass is 388 g/mol. The largest absolute Gasteiger partial charge is 0.478 e. The van der Waals surface area contributed by atoms with Gasteiger partial charge in [0.05, 0.1) is 24.0 Å². The molecule has 0 spiro atoms. The lowest BCUT2D eigenvalue weighted by atomic mass is 10.2. The topological polar surface area (TPSA) is 114 Å². The van der Waals surface area contributed by atoms with Crippen LogP contribution in [0.25, 0.3) is 0 Å². The number of ether oxygens (including phenoxy) is 2. The number of carboxylic acids is 1. The van der Waals surface area contributed by atoms with E-state index >= 15 is 0 Å². The Hall–Kier alpha value is -1.68. The summed E-state index contributed by atoms with van der Waals surface area (Å²) in [6, 6.07) is 3.53. The standard InChI is InChI=1S/C17H28N2O6S/c1-12(2)25-9-5-8-18-15-7-6-14(17(20)21)10-16(15)26(22,23)19-13(3)11-24-4/h6-7,10,12-13,18-19H,5,8-9,11H2,1-4H3,(H,20,21)/t13-/m0/s1. The van der Waals surface area contributed by atoms with Crippen molar-refractivity contribution in [3.8, 4) is 0 Å². The van der Waals surface area contributed by atoms with Crippen molar-refractivity contribution in [2.24, 2.45) is 0 Å². The smallest absolute Gasteiger partial charge is 0.335 e. The molecular formula is C17H28N2O6S. The molecule has 0 unspecified atom stereocenters. The van der Waals surface area contributed by atoms with Crippen molar-refractivity contribution in [3.63, 3.8) is 0 Å². The number of methoxy groups -OCH3 is 1. The molecule has 3 N–H and O–H groups in total. The van der Waals surface area contributed by atoms with E-state index < -0.39 is 22.0 Å². The van der Waals surface area contributed by atoms with E-state index in [4.69, 9.17) is 14.6 Å². The second-order valence-corrected chi connectivity index (χ2v) is 7.88. The Kier molecular flexibility index (Phi) is 9.00. The number of nitrogens with one attached hydrogen (secondary N) is 2. The Morgan fingerprint density at radius 3 is 2.54 bits per heavy atom. The maximum atomic E-state index is 12.7. The van der Waals surface area contributed by atoms with Crippen LogP contribution in [0.1, 0.15) is 37.6 Å². The van der Waals surface area contributed by atoms with Crippen LogP contribution in [-0.2, 0) is 19.5 Å². The van der Waals surface area contributed by atoms with Gasteiger partial charge in [-0.3, -0.25) is 0 Å². The first kappa shape index (κ1) is 22.4. The molecule has 0 aliphatic carbocycles. The zero-order valence-corrected chi connectivity index (χ0v) is 16.4. The van der Waals surface area contributed by atoms with Gasteiger partial charge in [0.2, 0.25) is 10.0 Å². The number of benzene rings is 1. The molecule has 0 amide bonds. The fraction of sp³-hybridized carbons (Fsp3) is 0.588. The van der Waals surface area contributed by atoms with E-state index in [1.807, 2.05) is 13.8 Å². The molecule has 1 aromatic carbocycles. The minimum atomic E-state index is -3.91. The Bertz CT molecular complexity index is 690. The molecule has 0 radical (unpaired) electrons. The number of rotatable bonds is 12.